The summed E-state index contributed by atoms with van der Waals surface area (Å²) in [6.07, 6.45) is -2.29. The van der Waals surface area contributed by atoms with Crippen molar-refractivity contribution in [3.05, 3.63) is 36.0 Å². The highest BCUT2D eigenvalue weighted by Crippen LogP contribution is 2.37. The summed E-state index contributed by atoms with van der Waals surface area (Å²) in [4.78, 5) is 31.7. The van der Waals surface area contributed by atoms with Crippen LogP contribution in [0, 0.1) is 17.2 Å². The fourth-order valence-corrected chi connectivity index (χ4v) is 5.33. The topological polar surface area (TPSA) is 107 Å². The lowest BCUT2D eigenvalue weighted by Crippen LogP contribution is -2.56. The average Bonchev–Trinajstić information content (AvgIpc) is 2.86. The monoisotopic (exact) mass is 561 g/mol. The Kier molecular flexibility index (Phi) is 9.54. The van der Waals surface area contributed by atoms with Crippen molar-refractivity contribution in [2.75, 3.05) is 18.0 Å². The molecular formula is C29H38F3N5O3. The number of alkyl halides is 3. The quantitative estimate of drug-likeness (QED) is 0.419. The lowest BCUT2D eigenvalue weighted by Gasteiger charge is -2.41. The van der Waals surface area contributed by atoms with Crippen LogP contribution in [0.15, 0.2) is 30.5 Å². The molecule has 3 rings (SSSR count). The first kappa shape index (κ1) is 31.0. The van der Waals surface area contributed by atoms with Crippen molar-refractivity contribution in [1.82, 2.24) is 15.6 Å². The summed E-state index contributed by atoms with van der Waals surface area (Å²) < 4.78 is 47.5. The molecule has 40 heavy (non-hydrogen) atoms. The minimum atomic E-state index is -4.46. The standard InChI is InChI=1S/C29H38F3N5O3/c1-6-12-28(7-2,36-26(39)40-27(3,4)5)15-24(38)35-21-14-20(29(30,31)32)17-37(18-21)23-11-10-19(16-33)25-22(23)9-8-13-34-25/h8-11,13,20-21H,6-7,12,14-15,17-18H2,1-5H3,(H,35,38)(H,36,39). The van der Waals surface area contributed by atoms with Gasteiger partial charge in [0.1, 0.15) is 11.7 Å². The molecule has 1 fully saturated rings. The first-order chi connectivity index (χ1) is 18.7. The molecule has 0 bridgehead atoms. The minimum absolute atomic E-state index is 0.0898. The molecule has 0 radical (unpaired) electrons. The van der Waals surface area contributed by atoms with Gasteiger partial charge in [-0.25, -0.2) is 4.79 Å². The molecule has 1 aliphatic rings. The Hall–Kier alpha value is -3.55. The van der Waals surface area contributed by atoms with Gasteiger partial charge in [0.2, 0.25) is 5.91 Å². The molecule has 2 amide bonds. The van der Waals surface area contributed by atoms with E-state index in [1.54, 1.807) is 49.9 Å². The lowest BCUT2D eigenvalue weighted by molar-refractivity contribution is -0.178. The second-order valence-electron chi connectivity index (χ2n) is 11.5. The van der Waals surface area contributed by atoms with E-state index in [-0.39, 0.29) is 25.9 Å². The molecular weight excluding hydrogens is 523 g/mol. The van der Waals surface area contributed by atoms with Crippen molar-refractivity contribution >= 4 is 28.6 Å². The molecule has 3 unspecified atom stereocenters. The number of anilines is 1. The fraction of sp³-hybridized carbons (Fsp3) is 0.586. The summed E-state index contributed by atoms with van der Waals surface area (Å²) in [7, 11) is 0. The largest absolute Gasteiger partial charge is 0.444 e. The summed E-state index contributed by atoms with van der Waals surface area (Å²) in [6, 6.07) is 7.88. The number of fused-ring (bicyclic) bond motifs is 1. The number of hydrogen-bond acceptors (Lipinski definition) is 6. The number of halogens is 3. The maximum absolute atomic E-state index is 14.0. The van der Waals surface area contributed by atoms with Crippen molar-refractivity contribution < 1.29 is 27.5 Å². The van der Waals surface area contributed by atoms with Gasteiger partial charge >= 0.3 is 12.3 Å². The number of alkyl carbamates (subject to hydrolysis) is 1. The zero-order valence-electron chi connectivity index (χ0n) is 23.7. The van der Waals surface area contributed by atoms with Gasteiger partial charge in [0, 0.05) is 42.8 Å². The second kappa shape index (κ2) is 12.3. The predicted molar refractivity (Wildman–Crippen MR) is 147 cm³/mol. The number of hydrogen-bond donors (Lipinski definition) is 2. The third-order valence-electron chi connectivity index (χ3n) is 7.16. The maximum atomic E-state index is 14.0. The third kappa shape index (κ3) is 7.77. The summed E-state index contributed by atoms with van der Waals surface area (Å²) in [6.45, 7) is 8.89. The van der Waals surface area contributed by atoms with Gasteiger partial charge in [-0.3, -0.25) is 9.78 Å². The van der Waals surface area contributed by atoms with E-state index in [0.29, 0.717) is 41.4 Å². The van der Waals surface area contributed by atoms with Crippen LogP contribution in [-0.2, 0) is 9.53 Å². The van der Waals surface area contributed by atoms with Gasteiger partial charge in [-0.2, -0.15) is 18.4 Å². The third-order valence-corrected chi connectivity index (χ3v) is 7.16. The maximum Gasteiger partial charge on any atom is 0.408 e. The Labute approximate surface area is 233 Å². The van der Waals surface area contributed by atoms with E-state index in [0.717, 1.165) is 0 Å². The van der Waals surface area contributed by atoms with E-state index in [1.807, 2.05) is 13.8 Å². The highest BCUT2D eigenvalue weighted by Gasteiger charge is 2.45. The SMILES string of the molecule is CCCC(CC)(CC(=O)NC1CC(C(F)(F)F)CN(c2ccc(C#N)c3ncccc23)C1)NC(=O)OC(C)(C)C. The van der Waals surface area contributed by atoms with Gasteiger partial charge in [0.25, 0.3) is 0 Å². The first-order valence-electron chi connectivity index (χ1n) is 13.6. The summed E-state index contributed by atoms with van der Waals surface area (Å²) >= 11 is 0. The summed E-state index contributed by atoms with van der Waals surface area (Å²) in [5, 5.41) is 15.7. The molecule has 0 spiro atoms. The van der Waals surface area contributed by atoms with Crippen LogP contribution in [0.25, 0.3) is 10.9 Å². The molecule has 1 aromatic heterocycles. The number of aromatic nitrogens is 1. The Morgan fingerprint density at radius 1 is 1.18 bits per heavy atom. The molecule has 3 atom stereocenters. The van der Waals surface area contributed by atoms with Gasteiger partial charge < -0.3 is 20.3 Å². The molecule has 2 heterocycles. The van der Waals surface area contributed by atoms with E-state index in [9.17, 15) is 28.0 Å². The lowest BCUT2D eigenvalue weighted by atomic mass is 9.86. The van der Waals surface area contributed by atoms with Crippen LogP contribution in [0.2, 0.25) is 0 Å². The Bertz CT molecular complexity index is 1250. The van der Waals surface area contributed by atoms with Crippen molar-refractivity contribution in [1.29, 1.82) is 5.26 Å². The molecule has 0 aliphatic carbocycles. The van der Waals surface area contributed by atoms with E-state index in [2.05, 4.69) is 21.7 Å². The first-order valence-corrected chi connectivity index (χ1v) is 13.6. The van der Waals surface area contributed by atoms with Gasteiger partial charge in [0.15, 0.2) is 0 Å². The Morgan fingerprint density at radius 2 is 1.90 bits per heavy atom. The van der Waals surface area contributed by atoms with Crippen molar-refractivity contribution in [2.45, 2.75) is 90.1 Å². The van der Waals surface area contributed by atoms with Crippen LogP contribution in [0.4, 0.5) is 23.7 Å². The Balaban J connectivity index is 1.84. The van der Waals surface area contributed by atoms with Gasteiger partial charge in [-0.05, 0) is 64.3 Å². The highest BCUT2D eigenvalue weighted by atomic mass is 19.4. The number of rotatable bonds is 8. The van der Waals surface area contributed by atoms with E-state index < -0.39 is 41.3 Å². The van der Waals surface area contributed by atoms with Crippen LogP contribution < -0.4 is 15.5 Å². The van der Waals surface area contributed by atoms with Crippen LogP contribution in [-0.4, -0.2) is 53.4 Å². The molecule has 2 N–H and O–H groups in total. The van der Waals surface area contributed by atoms with Crippen molar-refractivity contribution in [3.8, 4) is 6.07 Å². The number of nitrogens with zero attached hydrogens (tertiary/aromatic N) is 3. The van der Waals surface area contributed by atoms with Crippen LogP contribution in [0.5, 0.6) is 0 Å². The average molecular weight is 562 g/mol. The smallest absolute Gasteiger partial charge is 0.408 e. The van der Waals surface area contributed by atoms with Crippen LogP contribution in [0.1, 0.15) is 72.3 Å². The number of carbonyl (C=O) groups excluding carboxylic acids is 2. The predicted octanol–water partition coefficient (Wildman–Crippen LogP) is 5.84. The summed E-state index contributed by atoms with van der Waals surface area (Å²) in [5.41, 5.74) is -0.346. The van der Waals surface area contributed by atoms with Gasteiger partial charge in [-0.1, -0.05) is 20.3 Å². The zero-order chi connectivity index (χ0) is 29.7. The number of carbonyl (C=O) groups is 2. The number of nitrogens with one attached hydrogen (secondary N) is 2. The number of pyridine rings is 1. The van der Waals surface area contributed by atoms with Crippen LogP contribution in [0.3, 0.4) is 0 Å². The number of nitriles is 1. The van der Waals surface area contributed by atoms with Gasteiger partial charge in [0.05, 0.1) is 22.5 Å². The van der Waals surface area contributed by atoms with Crippen molar-refractivity contribution in [2.24, 2.45) is 5.92 Å². The number of benzene rings is 1. The van der Waals surface area contributed by atoms with E-state index in [1.165, 1.54) is 6.20 Å². The molecule has 1 aromatic carbocycles. The molecule has 2 aromatic rings. The molecule has 1 saturated heterocycles. The second-order valence-corrected chi connectivity index (χ2v) is 11.5. The number of piperidine rings is 1. The molecule has 1 aliphatic heterocycles. The molecule has 8 nitrogen and oxygen atoms in total. The molecule has 11 heteroatoms. The van der Waals surface area contributed by atoms with Crippen LogP contribution >= 0.6 is 0 Å². The minimum Gasteiger partial charge on any atom is -0.444 e. The molecule has 218 valence electrons. The number of amides is 2. The zero-order valence-corrected chi connectivity index (χ0v) is 23.7. The number of ether oxygens (including phenoxy) is 1. The van der Waals surface area contributed by atoms with Gasteiger partial charge in [-0.15, -0.1) is 0 Å². The van der Waals surface area contributed by atoms with E-state index >= 15 is 0 Å². The Morgan fingerprint density at radius 3 is 2.50 bits per heavy atom. The molecule has 0 saturated carbocycles. The fourth-order valence-electron chi connectivity index (χ4n) is 5.33. The van der Waals surface area contributed by atoms with Crippen molar-refractivity contribution in [3.63, 3.8) is 0 Å². The normalized spacial score (nSPS) is 19.4. The summed E-state index contributed by atoms with van der Waals surface area (Å²) in [5.74, 6) is -2.11. The van der Waals surface area contributed by atoms with E-state index in [4.69, 9.17) is 4.74 Å². The highest BCUT2D eigenvalue weighted by molar-refractivity contribution is 5.95.